The van der Waals surface area contributed by atoms with Crippen LogP contribution in [-0.4, -0.2) is 28.9 Å². The number of amides is 1. The molecule has 5 heteroatoms. The predicted molar refractivity (Wildman–Crippen MR) is 118 cm³/mol. The Morgan fingerprint density at radius 3 is 2.34 bits per heavy atom. The van der Waals surface area contributed by atoms with Crippen molar-refractivity contribution in [1.29, 1.82) is 0 Å². The first-order valence-corrected chi connectivity index (χ1v) is 11.1. The molecule has 1 saturated carbocycles. The van der Waals surface area contributed by atoms with Gasteiger partial charge in [-0.3, -0.25) is 9.69 Å². The van der Waals surface area contributed by atoms with Gasteiger partial charge in [-0.05, 0) is 36.8 Å². The number of benzene rings is 2. The molecule has 1 aliphatic carbocycles. The van der Waals surface area contributed by atoms with E-state index in [2.05, 4.69) is 46.4 Å². The molecule has 1 aromatic heterocycles. The normalized spacial score (nSPS) is 15.8. The molecule has 2 aromatic carbocycles. The molecule has 0 bridgehead atoms. The molecule has 4 nitrogen and oxygen atoms in total. The van der Waals surface area contributed by atoms with Crippen LogP contribution in [0, 0.1) is 5.92 Å². The van der Waals surface area contributed by atoms with E-state index in [-0.39, 0.29) is 18.0 Å². The lowest BCUT2D eigenvalue weighted by atomic mass is 10.1. The SMILES string of the molecule is CC(c1ccccc1)N(CC(=O)NC(c1ccccc1)c1nccs1)CC1CC1. The number of rotatable bonds is 9. The van der Waals surface area contributed by atoms with Gasteiger partial charge in [-0.1, -0.05) is 60.7 Å². The fourth-order valence-corrected chi connectivity index (χ4v) is 4.35. The lowest BCUT2D eigenvalue weighted by Crippen LogP contribution is -2.41. The molecule has 1 amide bonds. The molecule has 150 valence electrons. The quantitative estimate of drug-likeness (QED) is 0.555. The molecule has 3 aromatic rings. The number of nitrogens with zero attached hydrogens (tertiary/aromatic N) is 2. The summed E-state index contributed by atoms with van der Waals surface area (Å²) >= 11 is 1.57. The fraction of sp³-hybridized carbons (Fsp3) is 0.333. The summed E-state index contributed by atoms with van der Waals surface area (Å²) in [5.74, 6) is 0.760. The van der Waals surface area contributed by atoms with Crippen LogP contribution in [0.3, 0.4) is 0 Å². The zero-order valence-electron chi connectivity index (χ0n) is 16.7. The van der Waals surface area contributed by atoms with Crippen molar-refractivity contribution in [2.45, 2.75) is 31.8 Å². The predicted octanol–water partition coefficient (Wildman–Crippen LogP) is 4.82. The van der Waals surface area contributed by atoms with Crippen LogP contribution >= 0.6 is 11.3 Å². The number of aromatic nitrogens is 1. The summed E-state index contributed by atoms with van der Waals surface area (Å²) < 4.78 is 0. The summed E-state index contributed by atoms with van der Waals surface area (Å²) in [4.78, 5) is 19.9. The van der Waals surface area contributed by atoms with Gasteiger partial charge in [0.1, 0.15) is 11.0 Å². The van der Waals surface area contributed by atoms with Crippen LogP contribution in [0.25, 0.3) is 0 Å². The summed E-state index contributed by atoms with van der Waals surface area (Å²) in [6.07, 6.45) is 4.33. The van der Waals surface area contributed by atoms with Crippen molar-refractivity contribution < 1.29 is 4.79 Å². The molecule has 1 aliphatic rings. The maximum Gasteiger partial charge on any atom is 0.235 e. The Bertz CT molecular complexity index is 894. The number of nitrogens with one attached hydrogen (secondary N) is 1. The van der Waals surface area contributed by atoms with Crippen LogP contribution in [0.5, 0.6) is 0 Å². The van der Waals surface area contributed by atoms with E-state index in [9.17, 15) is 4.79 Å². The first kappa shape index (κ1) is 19.8. The highest BCUT2D eigenvalue weighted by Crippen LogP contribution is 2.33. The first-order chi connectivity index (χ1) is 14.2. The molecule has 1 N–H and O–H groups in total. The second kappa shape index (κ2) is 9.33. The summed E-state index contributed by atoms with van der Waals surface area (Å²) in [5, 5.41) is 6.10. The molecule has 29 heavy (non-hydrogen) atoms. The van der Waals surface area contributed by atoms with Crippen LogP contribution in [0.2, 0.25) is 0 Å². The van der Waals surface area contributed by atoms with Gasteiger partial charge in [0.2, 0.25) is 5.91 Å². The van der Waals surface area contributed by atoms with Crippen molar-refractivity contribution in [2.75, 3.05) is 13.1 Å². The Kier molecular flexibility index (Phi) is 6.37. The number of carbonyl (C=O) groups excluding carboxylic acids is 1. The van der Waals surface area contributed by atoms with Crippen LogP contribution in [-0.2, 0) is 4.79 Å². The Morgan fingerprint density at radius 1 is 1.10 bits per heavy atom. The van der Waals surface area contributed by atoms with E-state index in [1.54, 1.807) is 17.5 Å². The first-order valence-electron chi connectivity index (χ1n) is 10.2. The summed E-state index contributed by atoms with van der Waals surface area (Å²) in [6.45, 7) is 3.55. The Hall–Kier alpha value is -2.50. The van der Waals surface area contributed by atoms with Gasteiger partial charge in [0, 0.05) is 24.2 Å². The van der Waals surface area contributed by atoms with Gasteiger partial charge in [0.15, 0.2) is 0 Å². The third kappa shape index (κ3) is 5.31. The van der Waals surface area contributed by atoms with Crippen LogP contribution in [0.15, 0.2) is 72.2 Å². The highest BCUT2D eigenvalue weighted by molar-refractivity contribution is 7.09. The molecular formula is C24H27N3OS. The van der Waals surface area contributed by atoms with E-state index >= 15 is 0 Å². The average molecular weight is 406 g/mol. The van der Waals surface area contributed by atoms with E-state index in [4.69, 9.17) is 0 Å². The minimum Gasteiger partial charge on any atom is -0.342 e. The lowest BCUT2D eigenvalue weighted by Gasteiger charge is -2.29. The molecule has 0 aliphatic heterocycles. The van der Waals surface area contributed by atoms with Crippen LogP contribution in [0.1, 0.15) is 48.0 Å². The van der Waals surface area contributed by atoms with Crippen molar-refractivity contribution in [3.8, 4) is 0 Å². The molecule has 4 rings (SSSR count). The summed E-state index contributed by atoms with van der Waals surface area (Å²) in [7, 11) is 0. The van der Waals surface area contributed by atoms with Crippen LogP contribution in [0.4, 0.5) is 0 Å². The van der Waals surface area contributed by atoms with E-state index in [1.807, 2.05) is 41.8 Å². The second-order valence-corrected chi connectivity index (χ2v) is 8.67. The maximum absolute atomic E-state index is 13.1. The second-order valence-electron chi connectivity index (χ2n) is 7.74. The van der Waals surface area contributed by atoms with E-state index < -0.39 is 0 Å². The van der Waals surface area contributed by atoms with Crippen molar-refractivity contribution in [1.82, 2.24) is 15.2 Å². The topological polar surface area (TPSA) is 45.2 Å². The van der Waals surface area contributed by atoms with Gasteiger partial charge in [-0.25, -0.2) is 4.98 Å². The highest BCUT2D eigenvalue weighted by atomic mass is 32.1. The highest BCUT2D eigenvalue weighted by Gasteiger charge is 2.29. The van der Waals surface area contributed by atoms with Gasteiger partial charge in [-0.2, -0.15) is 0 Å². The fourth-order valence-electron chi connectivity index (χ4n) is 3.64. The van der Waals surface area contributed by atoms with Crippen LogP contribution < -0.4 is 5.32 Å². The molecule has 2 unspecified atom stereocenters. The third-order valence-corrected chi connectivity index (χ3v) is 6.34. The molecular weight excluding hydrogens is 378 g/mol. The van der Waals surface area contributed by atoms with Gasteiger partial charge >= 0.3 is 0 Å². The summed E-state index contributed by atoms with van der Waals surface area (Å²) in [5.41, 5.74) is 2.31. The minimum absolute atomic E-state index is 0.0393. The Balaban J connectivity index is 1.49. The van der Waals surface area contributed by atoms with Crippen molar-refractivity contribution in [3.05, 3.63) is 88.4 Å². The standard InChI is InChI=1S/C24H27N3OS/c1-18(20-8-4-2-5-9-20)27(16-19-12-13-19)17-22(28)26-23(24-25-14-15-29-24)21-10-6-3-7-11-21/h2-11,14-15,18-19,23H,12-13,16-17H2,1H3,(H,26,28). The molecule has 0 radical (unpaired) electrons. The van der Waals surface area contributed by atoms with Gasteiger partial charge in [0.25, 0.3) is 0 Å². The third-order valence-electron chi connectivity index (χ3n) is 5.50. The monoisotopic (exact) mass is 405 g/mol. The lowest BCUT2D eigenvalue weighted by molar-refractivity contribution is -0.123. The molecule has 1 fully saturated rings. The Labute approximate surface area is 176 Å². The number of hydrogen-bond donors (Lipinski definition) is 1. The number of carbonyl (C=O) groups is 1. The average Bonchev–Trinajstić information content (AvgIpc) is 3.41. The summed E-state index contributed by atoms with van der Waals surface area (Å²) in [6, 6.07) is 20.5. The van der Waals surface area contributed by atoms with Gasteiger partial charge in [0.05, 0.1) is 6.54 Å². The molecule has 0 saturated heterocycles. The number of hydrogen-bond acceptors (Lipinski definition) is 4. The Morgan fingerprint density at radius 2 is 1.76 bits per heavy atom. The zero-order valence-corrected chi connectivity index (χ0v) is 17.5. The van der Waals surface area contributed by atoms with Crippen molar-refractivity contribution in [2.24, 2.45) is 5.92 Å². The van der Waals surface area contributed by atoms with Crippen molar-refractivity contribution >= 4 is 17.2 Å². The maximum atomic E-state index is 13.1. The molecule has 0 spiro atoms. The van der Waals surface area contributed by atoms with E-state index in [1.165, 1.54) is 18.4 Å². The molecule has 2 atom stereocenters. The largest absolute Gasteiger partial charge is 0.342 e. The van der Waals surface area contributed by atoms with E-state index in [0.29, 0.717) is 6.54 Å². The zero-order chi connectivity index (χ0) is 20.1. The smallest absolute Gasteiger partial charge is 0.235 e. The van der Waals surface area contributed by atoms with Crippen molar-refractivity contribution in [3.63, 3.8) is 0 Å². The number of thiazole rings is 1. The molecule has 1 heterocycles. The van der Waals surface area contributed by atoms with Gasteiger partial charge < -0.3 is 5.32 Å². The van der Waals surface area contributed by atoms with E-state index in [0.717, 1.165) is 23.0 Å². The minimum atomic E-state index is -0.210. The van der Waals surface area contributed by atoms with Gasteiger partial charge in [-0.15, -0.1) is 11.3 Å².